The van der Waals surface area contributed by atoms with Crippen LogP contribution in [0.1, 0.15) is 0 Å². The molecule has 0 aliphatic rings. The second-order valence-electron chi connectivity index (χ2n) is 5.84. The second kappa shape index (κ2) is 6.96. The second-order valence-corrected chi connectivity index (χ2v) is 10.3. The molecule has 0 unspecified atom stereocenters. The van der Waals surface area contributed by atoms with Crippen molar-refractivity contribution in [3.05, 3.63) is 54.6 Å². The first-order valence-corrected chi connectivity index (χ1v) is 12.0. The summed E-state index contributed by atoms with van der Waals surface area (Å²) in [6, 6.07) is 10.3. The van der Waals surface area contributed by atoms with Crippen molar-refractivity contribution in [2.24, 2.45) is 0 Å². The van der Waals surface area contributed by atoms with Gasteiger partial charge in [0.15, 0.2) is 0 Å². The Hall–Kier alpha value is -2.71. The molecular formula is C16H13NO9S3. The van der Waals surface area contributed by atoms with Crippen molar-refractivity contribution in [2.75, 3.05) is 4.72 Å². The Morgan fingerprint density at radius 2 is 1.34 bits per heavy atom. The van der Waals surface area contributed by atoms with Gasteiger partial charge in [0.25, 0.3) is 30.3 Å². The summed E-state index contributed by atoms with van der Waals surface area (Å²) in [4.78, 5) is -1.77. The fraction of sp³-hybridized carbons (Fsp3) is 0. The van der Waals surface area contributed by atoms with Crippen molar-refractivity contribution >= 4 is 46.7 Å². The van der Waals surface area contributed by atoms with E-state index in [0.717, 1.165) is 12.1 Å². The third-order valence-corrected chi connectivity index (χ3v) is 7.03. The van der Waals surface area contributed by atoms with Gasteiger partial charge in [0.2, 0.25) is 0 Å². The van der Waals surface area contributed by atoms with Crippen molar-refractivity contribution in [3.63, 3.8) is 0 Å². The third-order valence-electron chi connectivity index (χ3n) is 3.90. The molecule has 0 aromatic heterocycles. The maximum atomic E-state index is 12.6. The topological polar surface area (TPSA) is 175 Å². The molecule has 10 nitrogen and oxygen atoms in total. The number of fused-ring (bicyclic) bond motifs is 1. The molecule has 0 bridgehead atoms. The molecule has 0 spiro atoms. The molecule has 29 heavy (non-hydrogen) atoms. The van der Waals surface area contributed by atoms with E-state index in [0.29, 0.717) is 12.1 Å². The smallest absolute Gasteiger partial charge is 0.295 e. The Balaban J connectivity index is 2.33. The van der Waals surface area contributed by atoms with Crippen molar-refractivity contribution in [3.8, 4) is 5.75 Å². The lowest BCUT2D eigenvalue weighted by Crippen LogP contribution is -2.13. The minimum Gasteiger partial charge on any atom is -0.507 e. The van der Waals surface area contributed by atoms with E-state index in [2.05, 4.69) is 4.72 Å². The van der Waals surface area contributed by atoms with Crippen LogP contribution in [0.5, 0.6) is 5.75 Å². The van der Waals surface area contributed by atoms with Crippen molar-refractivity contribution in [1.29, 1.82) is 0 Å². The number of sulfonamides is 1. The maximum absolute atomic E-state index is 12.6. The summed E-state index contributed by atoms with van der Waals surface area (Å²) in [6.07, 6.45) is 0. The van der Waals surface area contributed by atoms with Crippen LogP contribution in [0, 0.1) is 0 Å². The molecule has 4 N–H and O–H groups in total. The van der Waals surface area contributed by atoms with E-state index < -0.39 is 56.6 Å². The lowest BCUT2D eigenvalue weighted by molar-refractivity contribution is 0.470. The van der Waals surface area contributed by atoms with Gasteiger partial charge >= 0.3 is 0 Å². The van der Waals surface area contributed by atoms with Gasteiger partial charge in [0.05, 0.1) is 15.5 Å². The Morgan fingerprint density at radius 1 is 0.724 bits per heavy atom. The number of hydrogen-bond acceptors (Lipinski definition) is 7. The lowest BCUT2D eigenvalue weighted by Gasteiger charge is -2.14. The normalized spacial score (nSPS) is 12.8. The van der Waals surface area contributed by atoms with E-state index in [1.54, 1.807) is 6.07 Å². The molecule has 3 aromatic carbocycles. The summed E-state index contributed by atoms with van der Waals surface area (Å²) in [7, 11) is -13.9. The molecule has 0 fully saturated rings. The van der Waals surface area contributed by atoms with Gasteiger partial charge in [-0.15, -0.1) is 0 Å². The highest BCUT2D eigenvalue weighted by Gasteiger charge is 2.24. The standard InChI is InChI=1S/C16H13NO9S3/c18-14-9-11(28(21,22)23)8-12-15(29(24,25)26)7-6-13(16(12)14)17-27(19,20)10-4-2-1-3-5-10/h1-9,17-18H,(H,21,22,23)(H,24,25,26). The molecule has 154 valence electrons. The van der Waals surface area contributed by atoms with Crippen LogP contribution in [0.25, 0.3) is 10.8 Å². The highest BCUT2D eigenvalue weighted by Crippen LogP contribution is 2.38. The van der Waals surface area contributed by atoms with Gasteiger partial charge in [-0.25, -0.2) is 8.42 Å². The zero-order valence-electron chi connectivity index (χ0n) is 14.2. The number of aromatic hydroxyl groups is 1. The van der Waals surface area contributed by atoms with E-state index in [-0.39, 0.29) is 10.6 Å². The fourth-order valence-corrected chi connectivity index (χ4v) is 4.97. The van der Waals surface area contributed by atoms with Gasteiger partial charge < -0.3 is 5.11 Å². The highest BCUT2D eigenvalue weighted by atomic mass is 32.2. The van der Waals surface area contributed by atoms with E-state index in [1.165, 1.54) is 24.3 Å². The first-order valence-electron chi connectivity index (χ1n) is 7.63. The van der Waals surface area contributed by atoms with E-state index in [9.17, 15) is 39.5 Å². The van der Waals surface area contributed by atoms with Gasteiger partial charge in [0, 0.05) is 16.8 Å². The molecule has 0 aliphatic carbocycles. The predicted octanol–water partition coefficient (Wildman–Crippen LogP) is 1.84. The van der Waals surface area contributed by atoms with Gasteiger partial charge in [-0.1, -0.05) is 18.2 Å². The van der Waals surface area contributed by atoms with Gasteiger partial charge in [0.1, 0.15) is 10.6 Å². The molecule has 0 saturated carbocycles. The first-order chi connectivity index (χ1) is 13.3. The van der Waals surface area contributed by atoms with Crippen LogP contribution in [-0.2, 0) is 30.3 Å². The third kappa shape index (κ3) is 4.18. The minimum atomic E-state index is -4.89. The van der Waals surface area contributed by atoms with Crippen LogP contribution in [0.2, 0.25) is 0 Å². The number of hydrogen-bond donors (Lipinski definition) is 4. The molecule has 0 atom stereocenters. The molecular weight excluding hydrogens is 446 g/mol. The fourth-order valence-electron chi connectivity index (χ4n) is 2.67. The Kier molecular flexibility index (Phi) is 5.04. The number of benzene rings is 3. The summed E-state index contributed by atoms with van der Waals surface area (Å²) < 4.78 is 92.1. The molecule has 0 heterocycles. The summed E-state index contributed by atoms with van der Waals surface area (Å²) in [5.41, 5.74) is -0.282. The van der Waals surface area contributed by atoms with Gasteiger partial charge in [-0.05, 0) is 30.3 Å². The Morgan fingerprint density at radius 3 is 1.90 bits per heavy atom. The minimum absolute atomic E-state index is 0.124. The maximum Gasteiger partial charge on any atom is 0.295 e. The predicted molar refractivity (Wildman–Crippen MR) is 102 cm³/mol. The van der Waals surface area contributed by atoms with Crippen molar-refractivity contribution in [2.45, 2.75) is 14.7 Å². The van der Waals surface area contributed by atoms with Crippen LogP contribution in [-0.4, -0.2) is 39.5 Å². The molecule has 0 saturated heterocycles. The quantitative estimate of drug-likeness (QED) is 0.415. The van der Waals surface area contributed by atoms with Crippen LogP contribution in [0.3, 0.4) is 0 Å². The largest absolute Gasteiger partial charge is 0.507 e. The average Bonchev–Trinajstić information content (AvgIpc) is 2.60. The lowest BCUT2D eigenvalue weighted by atomic mass is 10.1. The number of phenols is 1. The Labute approximate surface area is 166 Å². The monoisotopic (exact) mass is 459 g/mol. The number of rotatable bonds is 5. The molecule has 0 radical (unpaired) electrons. The Bertz CT molecular complexity index is 1430. The summed E-state index contributed by atoms with van der Waals surface area (Å²) in [6.45, 7) is 0. The zero-order valence-corrected chi connectivity index (χ0v) is 16.7. The number of nitrogens with one attached hydrogen (secondary N) is 1. The van der Waals surface area contributed by atoms with Gasteiger partial charge in [-0.3, -0.25) is 13.8 Å². The molecule has 0 aliphatic heterocycles. The van der Waals surface area contributed by atoms with Crippen LogP contribution < -0.4 is 4.72 Å². The number of phenolic OH excluding ortho intramolecular Hbond substituents is 1. The average molecular weight is 459 g/mol. The SMILES string of the molecule is O=S(=O)(O)c1cc(O)c2c(NS(=O)(=O)c3ccccc3)ccc(S(=O)(=O)O)c2c1. The molecule has 13 heteroatoms. The van der Waals surface area contributed by atoms with Crippen molar-refractivity contribution in [1.82, 2.24) is 0 Å². The zero-order chi connectivity index (χ0) is 21.6. The van der Waals surface area contributed by atoms with Crippen LogP contribution >= 0.6 is 0 Å². The number of anilines is 1. The van der Waals surface area contributed by atoms with Gasteiger partial charge in [-0.2, -0.15) is 16.8 Å². The van der Waals surface area contributed by atoms with E-state index in [4.69, 9.17) is 0 Å². The molecule has 3 aromatic rings. The molecule has 0 amide bonds. The summed E-state index contributed by atoms with van der Waals surface area (Å²) in [5.74, 6) is -0.841. The van der Waals surface area contributed by atoms with Crippen LogP contribution in [0.4, 0.5) is 5.69 Å². The summed E-state index contributed by atoms with van der Waals surface area (Å²) in [5, 5.41) is 9.35. The molecule has 3 rings (SSSR count). The summed E-state index contributed by atoms with van der Waals surface area (Å²) >= 11 is 0. The van der Waals surface area contributed by atoms with Crippen molar-refractivity contribution < 1.29 is 39.5 Å². The van der Waals surface area contributed by atoms with Crippen LogP contribution in [0.15, 0.2) is 69.3 Å². The highest BCUT2D eigenvalue weighted by molar-refractivity contribution is 7.92. The van der Waals surface area contributed by atoms with E-state index >= 15 is 0 Å². The van der Waals surface area contributed by atoms with E-state index in [1.807, 2.05) is 0 Å². The first kappa shape index (κ1) is 21.0.